The molecule has 0 radical (unpaired) electrons. The first-order chi connectivity index (χ1) is 26.7. The van der Waals surface area contributed by atoms with Crippen molar-refractivity contribution in [3.05, 3.63) is 72.4 Å². The highest BCUT2D eigenvalue weighted by atomic mass is 32.2. The Bertz CT molecular complexity index is 1990. The summed E-state index contributed by atoms with van der Waals surface area (Å²) in [6.45, 7) is 22.4. The van der Waals surface area contributed by atoms with Crippen LogP contribution in [0.5, 0.6) is 11.5 Å². The molecule has 2 aromatic carbocycles. The zero-order valence-corrected chi connectivity index (χ0v) is 36.9. The molecule has 3 aromatic rings. The number of likely N-dealkylation sites (tertiary alicyclic amines) is 1. The van der Waals surface area contributed by atoms with Crippen LogP contribution in [-0.4, -0.2) is 106 Å². The van der Waals surface area contributed by atoms with E-state index in [0.29, 0.717) is 35.8 Å². The number of nitrogens with zero attached hydrogens (tertiary/aromatic N) is 6. The summed E-state index contributed by atoms with van der Waals surface area (Å²) in [5.74, 6) is -0.808. The van der Waals surface area contributed by atoms with Crippen molar-refractivity contribution < 1.29 is 28.0 Å². The van der Waals surface area contributed by atoms with Crippen LogP contribution in [0.2, 0.25) is 18.1 Å². The smallest absolute Gasteiger partial charge is 0.258 e. The number of rotatable bonds is 12. The van der Waals surface area contributed by atoms with Crippen LogP contribution in [0, 0.1) is 11.2 Å². The second kappa shape index (κ2) is 16.6. The van der Waals surface area contributed by atoms with E-state index in [-0.39, 0.29) is 52.4 Å². The monoisotopic (exact) mass is 823 g/mol. The van der Waals surface area contributed by atoms with Gasteiger partial charge in [-0.15, -0.1) is 0 Å². The van der Waals surface area contributed by atoms with Crippen LogP contribution in [0.4, 0.5) is 10.2 Å². The van der Waals surface area contributed by atoms with Crippen LogP contribution >= 0.6 is 0 Å². The van der Waals surface area contributed by atoms with Gasteiger partial charge < -0.3 is 24.4 Å². The zero-order valence-electron chi connectivity index (χ0n) is 35.1. The number of halogens is 1. The maximum atomic E-state index is 14.6. The number of hydrogen-bond donors (Lipinski definition) is 2. The van der Waals surface area contributed by atoms with Crippen LogP contribution in [0.1, 0.15) is 84.5 Å². The van der Waals surface area contributed by atoms with Gasteiger partial charge in [0.05, 0.1) is 29.8 Å². The summed E-state index contributed by atoms with van der Waals surface area (Å²) in [5, 5.41) is 11.5. The van der Waals surface area contributed by atoms with Gasteiger partial charge in [-0.1, -0.05) is 39.0 Å². The van der Waals surface area contributed by atoms with Crippen molar-refractivity contribution in [1.82, 2.24) is 24.5 Å². The van der Waals surface area contributed by atoms with Gasteiger partial charge in [0.1, 0.15) is 27.8 Å². The molecule has 3 aliphatic heterocycles. The van der Waals surface area contributed by atoms with Crippen LogP contribution in [0.25, 0.3) is 0 Å². The Morgan fingerprint density at radius 1 is 1.09 bits per heavy atom. The number of β-amino-alcohol motifs (C(OH)–C–C–N with tert-alkyl or cyclic N) is 1. The van der Waals surface area contributed by atoms with Gasteiger partial charge in [-0.3, -0.25) is 13.7 Å². The van der Waals surface area contributed by atoms with Crippen molar-refractivity contribution in [1.29, 1.82) is 0 Å². The molecule has 1 spiro atoms. The van der Waals surface area contributed by atoms with Crippen molar-refractivity contribution in [3.63, 3.8) is 0 Å². The van der Waals surface area contributed by atoms with E-state index in [4.69, 9.17) is 13.5 Å². The average Bonchev–Trinajstić information content (AvgIpc) is 3.12. The Morgan fingerprint density at radius 2 is 1.75 bits per heavy atom. The molecule has 3 atom stereocenters. The minimum absolute atomic E-state index is 0.0743. The minimum Gasteiger partial charge on any atom is -0.451 e. The van der Waals surface area contributed by atoms with Crippen LogP contribution in [0.15, 0.2) is 70.0 Å². The molecule has 0 saturated carbocycles. The molecule has 3 aliphatic rings. The molecule has 312 valence electrons. The van der Waals surface area contributed by atoms with Crippen molar-refractivity contribution in [2.75, 3.05) is 44.2 Å². The number of nitrogens with one attached hydrogen (secondary N) is 1. The molecule has 0 bridgehead atoms. The Hall–Kier alpha value is -3.47. The van der Waals surface area contributed by atoms with Crippen molar-refractivity contribution in [2.24, 2.45) is 9.44 Å². The highest BCUT2D eigenvalue weighted by Crippen LogP contribution is 2.45. The van der Waals surface area contributed by atoms with E-state index in [1.54, 1.807) is 11.1 Å². The average molecular weight is 824 g/mol. The predicted octanol–water partition coefficient (Wildman–Crippen LogP) is 7.47. The molecule has 1 amide bonds. The van der Waals surface area contributed by atoms with Gasteiger partial charge in [-0.05, 0) is 109 Å². The van der Waals surface area contributed by atoms with E-state index in [9.17, 15) is 18.5 Å². The van der Waals surface area contributed by atoms with Crippen molar-refractivity contribution >= 4 is 29.9 Å². The lowest BCUT2D eigenvalue weighted by Gasteiger charge is -2.55. The predicted molar refractivity (Wildman–Crippen MR) is 225 cm³/mol. The molecule has 6 rings (SSSR count). The van der Waals surface area contributed by atoms with E-state index in [1.807, 2.05) is 58.0 Å². The number of benzene rings is 2. The molecule has 12 nitrogen and oxygen atoms in total. The van der Waals surface area contributed by atoms with E-state index >= 15 is 0 Å². The Morgan fingerprint density at radius 3 is 2.35 bits per heavy atom. The van der Waals surface area contributed by atoms with Crippen LogP contribution in [0.3, 0.4) is 0 Å². The molecule has 1 aromatic heterocycles. The number of anilines is 1. The third kappa shape index (κ3) is 9.71. The summed E-state index contributed by atoms with van der Waals surface area (Å²) in [4.78, 5) is 29.2. The van der Waals surface area contributed by atoms with Gasteiger partial charge >= 0.3 is 0 Å². The summed E-state index contributed by atoms with van der Waals surface area (Å²) in [7, 11) is -5.21. The maximum Gasteiger partial charge on any atom is 0.258 e. The van der Waals surface area contributed by atoms with Gasteiger partial charge in [0.25, 0.3) is 5.91 Å². The van der Waals surface area contributed by atoms with E-state index in [2.05, 4.69) is 58.4 Å². The highest BCUT2D eigenvalue weighted by molar-refractivity contribution is 7.92. The molecular weight excluding hydrogens is 762 g/mol. The van der Waals surface area contributed by atoms with Gasteiger partial charge in [0, 0.05) is 43.1 Å². The third-order valence-corrected chi connectivity index (χ3v) is 20.2. The highest BCUT2D eigenvalue weighted by Gasteiger charge is 2.48. The zero-order chi connectivity index (χ0) is 41.4. The fourth-order valence-corrected chi connectivity index (χ4v) is 13.5. The van der Waals surface area contributed by atoms with Crippen molar-refractivity contribution in [2.45, 2.75) is 121 Å². The molecule has 57 heavy (non-hydrogen) atoms. The van der Waals surface area contributed by atoms with Crippen molar-refractivity contribution in [3.8, 4) is 11.5 Å². The third-order valence-electron chi connectivity index (χ3n) is 12.2. The van der Waals surface area contributed by atoms with E-state index in [0.717, 1.165) is 39.0 Å². The SMILES string of the molecule is CC(C)N(C(=O)c1cc(F)ccc1Oc1cncnc1N1CC2(CCN(C[C@@]3(O)CC[C@@H](NS(=O)(=N[Si](C)(C)C(C)(C)C)c4ccccc4)CO3)CC2)C1)C(C)C. The number of ether oxygens (including phenoxy) is 2. The topological polar surface area (TPSA) is 133 Å². The molecule has 0 aliphatic carbocycles. The number of aromatic nitrogens is 2. The van der Waals surface area contributed by atoms with Crippen LogP contribution in [-0.2, 0) is 14.7 Å². The summed E-state index contributed by atoms with van der Waals surface area (Å²) in [6.07, 6.45) is 6.02. The first-order valence-electron chi connectivity index (χ1n) is 20.3. The van der Waals surface area contributed by atoms with Gasteiger partial charge in [0.15, 0.2) is 25.6 Å². The first-order valence-corrected chi connectivity index (χ1v) is 24.7. The normalized spacial score (nSPS) is 22.6. The van der Waals surface area contributed by atoms with Crippen LogP contribution < -0.4 is 14.4 Å². The van der Waals surface area contributed by atoms with E-state index in [1.165, 1.54) is 24.5 Å². The largest absolute Gasteiger partial charge is 0.451 e. The second-order valence-corrected chi connectivity index (χ2v) is 25.4. The Balaban J connectivity index is 1.04. The van der Waals surface area contributed by atoms with Gasteiger partial charge in [-0.25, -0.2) is 23.3 Å². The number of piperidine rings is 1. The number of carbonyl (C=O) groups excluding carboxylic acids is 1. The molecule has 2 N–H and O–H groups in total. The number of carbonyl (C=O) groups is 1. The molecule has 3 saturated heterocycles. The standard InChI is InChI=1S/C42H62FN7O5SSi/c1-30(2)50(31(3)4)39(51)35-23-32(43)15-16-36(35)55-37-24-44-29-45-38(37)49-26-41(27-49)19-21-48(22-20-41)28-42(52)18-17-33(25-54-42)46-56(53,34-13-11-10-12-14-34)47-57(8,9)40(5,6)7/h10-16,23-24,29-31,33,52H,17-22,25-28H2,1-9H3,(H,46,47,53)/t33-,42-,56?/m1/s1. The summed E-state index contributed by atoms with van der Waals surface area (Å²) >= 11 is 0. The summed E-state index contributed by atoms with van der Waals surface area (Å²) < 4.78 is 50.0. The lowest BCUT2D eigenvalue weighted by Crippen LogP contribution is -2.62. The molecule has 4 heterocycles. The molecular formula is C42H62FN7O5SSi. The molecule has 3 fully saturated rings. The number of amides is 1. The van der Waals surface area contributed by atoms with Gasteiger partial charge in [0.2, 0.25) is 0 Å². The summed E-state index contributed by atoms with van der Waals surface area (Å²) in [6, 6.07) is 13.1. The number of hydrogen-bond acceptors (Lipinski definition) is 10. The first kappa shape index (κ1) is 43.1. The lowest BCUT2D eigenvalue weighted by molar-refractivity contribution is -0.239. The second-order valence-electron chi connectivity index (χ2n) is 18.3. The molecule has 1 unspecified atom stereocenters. The Labute approximate surface area is 340 Å². The lowest BCUT2D eigenvalue weighted by atomic mass is 9.72. The fraction of sp³-hybridized carbons (Fsp3) is 0.595. The van der Waals surface area contributed by atoms with Gasteiger partial charge in [-0.2, -0.15) is 0 Å². The minimum atomic E-state index is -2.93. The maximum absolute atomic E-state index is 14.6. The van der Waals surface area contributed by atoms with E-state index < -0.39 is 29.8 Å². The Kier molecular flexibility index (Phi) is 12.6. The fourth-order valence-electron chi connectivity index (χ4n) is 7.93. The number of aliphatic hydroxyl groups is 1. The molecule has 15 heteroatoms. The quantitative estimate of drug-likeness (QED) is 0.179. The summed E-state index contributed by atoms with van der Waals surface area (Å²) in [5.41, 5.74) is 0.250.